The number of hydrogen-bond acceptors (Lipinski definition) is 3. The van der Waals surface area contributed by atoms with Crippen molar-refractivity contribution >= 4 is 23.3 Å². The van der Waals surface area contributed by atoms with Crippen molar-refractivity contribution in [3.8, 4) is 0 Å². The predicted octanol–water partition coefficient (Wildman–Crippen LogP) is 2.85. The molecule has 0 N–H and O–H groups in total. The Bertz CT molecular complexity index is 202. The highest BCUT2D eigenvalue weighted by atomic mass is 32.2. The molecule has 0 amide bonds. The Balaban J connectivity index is 1.90. The molecule has 0 aromatic carbocycles. The van der Waals surface area contributed by atoms with E-state index >= 15 is 0 Å². The molecule has 1 saturated heterocycles. The highest BCUT2D eigenvalue weighted by Crippen LogP contribution is 2.27. The van der Waals surface area contributed by atoms with Crippen molar-refractivity contribution in [3.63, 3.8) is 0 Å². The Hall–Kier alpha value is 0.01000. The second-order valence-electron chi connectivity index (χ2n) is 2.69. The largest absolute Gasteiger partial charge is 0.246 e. The molecule has 0 radical (unpaired) electrons. The van der Waals surface area contributed by atoms with Crippen LogP contribution in [0.3, 0.4) is 0 Å². The summed E-state index contributed by atoms with van der Waals surface area (Å²) >= 11 is 3.68. The average Bonchev–Trinajstić information content (AvgIpc) is 2.60. The van der Waals surface area contributed by atoms with Crippen LogP contribution < -0.4 is 0 Å². The van der Waals surface area contributed by atoms with Gasteiger partial charge in [0.25, 0.3) is 0 Å². The Labute approximate surface area is 75.5 Å². The highest BCUT2D eigenvalue weighted by Gasteiger charge is 2.12. The zero-order valence-electron chi connectivity index (χ0n) is 6.32. The number of hydrogen-bond donors (Lipinski definition) is 0. The Morgan fingerprint density at radius 1 is 1.36 bits per heavy atom. The van der Waals surface area contributed by atoms with Gasteiger partial charge >= 0.3 is 0 Å². The number of thiophene rings is 1. The zero-order valence-corrected chi connectivity index (χ0v) is 7.96. The van der Waals surface area contributed by atoms with E-state index in [0.717, 1.165) is 0 Å². The topological polar surface area (TPSA) is 3.24 Å². The molecular formula is C8H11NS2. The maximum Gasteiger partial charge on any atom is 0.0337 e. The van der Waals surface area contributed by atoms with Gasteiger partial charge in [0.2, 0.25) is 0 Å². The van der Waals surface area contributed by atoms with Gasteiger partial charge in [0.15, 0.2) is 0 Å². The van der Waals surface area contributed by atoms with E-state index in [1.807, 2.05) is 11.9 Å². The van der Waals surface area contributed by atoms with E-state index in [-0.39, 0.29) is 0 Å². The minimum absolute atomic E-state index is 1.26. The van der Waals surface area contributed by atoms with E-state index in [2.05, 4.69) is 21.1 Å². The maximum atomic E-state index is 2.45. The number of nitrogens with zero attached hydrogens (tertiary/aromatic N) is 1. The molecule has 1 nitrogen and oxygen atoms in total. The van der Waals surface area contributed by atoms with Crippen LogP contribution in [0.25, 0.3) is 0 Å². The molecule has 3 heteroatoms. The van der Waals surface area contributed by atoms with Crippen molar-refractivity contribution in [1.82, 2.24) is 4.31 Å². The molecule has 0 aliphatic carbocycles. The molecule has 1 aliphatic rings. The van der Waals surface area contributed by atoms with Gasteiger partial charge in [-0.1, -0.05) is 0 Å². The monoisotopic (exact) mass is 185 g/mol. The standard InChI is InChI=1S/C8H11NS2/c1-2-5-9(4-1)11-8-3-6-10-7-8/h3,6-7H,1-2,4-5H2. The zero-order chi connectivity index (χ0) is 7.52. The first-order valence-electron chi connectivity index (χ1n) is 3.90. The van der Waals surface area contributed by atoms with Crippen LogP contribution in [0.15, 0.2) is 21.7 Å². The predicted molar refractivity (Wildman–Crippen MR) is 51.0 cm³/mol. The molecule has 0 saturated carbocycles. The van der Waals surface area contributed by atoms with Gasteiger partial charge in [-0.3, -0.25) is 0 Å². The first kappa shape index (κ1) is 7.65. The van der Waals surface area contributed by atoms with Crippen LogP contribution in [0.1, 0.15) is 12.8 Å². The van der Waals surface area contributed by atoms with Crippen molar-refractivity contribution in [2.24, 2.45) is 0 Å². The molecule has 2 heterocycles. The van der Waals surface area contributed by atoms with Gasteiger partial charge in [0.05, 0.1) is 0 Å². The second-order valence-corrected chi connectivity index (χ2v) is 4.64. The van der Waals surface area contributed by atoms with Gasteiger partial charge in [-0.25, -0.2) is 4.31 Å². The summed E-state index contributed by atoms with van der Waals surface area (Å²) in [5.74, 6) is 0. The normalized spacial score (nSPS) is 19.3. The van der Waals surface area contributed by atoms with E-state index in [1.165, 1.54) is 30.8 Å². The molecule has 0 bridgehead atoms. The van der Waals surface area contributed by atoms with E-state index in [4.69, 9.17) is 0 Å². The van der Waals surface area contributed by atoms with Crippen molar-refractivity contribution in [2.75, 3.05) is 13.1 Å². The summed E-state index contributed by atoms with van der Waals surface area (Å²) in [5.41, 5.74) is 0. The lowest BCUT2D eigenvalue weighted by atomic mass is 10.4. The molecule has 11 heavy (non-hydrogen) atoms. The summed E-state index contributed by atoms with van der Waals surface area (Å²) in [4.78, 5) is 1.40. The van der Waals surface area contributed by atoms with Crippen molar-refractivity contribution < 1.29 is 0 Å². The van der Waals surface area contributed by atoms with Crippen LogP contribution in [-0.4, -0.2) is 17.4 Å². The van der Waals surface area contributed by atoms with Crippen LogP contribution in [0.2, 0.25) is 0 Å². The summed E-state index contributed by atoms with van der Waals surface area (Å²) in [6.07, 6.45) is 2.74. The van der Waals surface area contributed by atoms with Crippen molar-refractivity contribution in [1.29, 1.82) is 0 Å². The lowest BCUT2D eigenvalue weighted by Crippen LogP contribution is -2.07. The maximum absolute atomic E-state index is 2.45. The molecule has 0 unspecified atom stereocenters. The summed E-state index contributed by atoms with van der Waals surface area (Å²) in [7, 11) is 0. The fraction of sp³-hybridized carbons (Fsp3) is 0.500. The quantitative estimate of drug-likeness (QED) is 0.652. The fourth-order valence-electron chi connectivity index (χ4n) is 1.23. The van der Waals surface area contributed by atoms with Gasteiger partial charge in [0, 0.05) is 23.4 Å². The van der Waals surface area contributed by atoms with Crippen LogP contribution in [0.5, 0.6) is 0 Å². The van der Waals surface area contributed by atoms with E-state index in [1.54, 1.807) is 11.3 Å². The molecule has 0 spiro atoms. The van der Waals surface area contributed by atoms with Crippen molar-refractivity contribution in [3.05, 3.63) is 16.8 Å². The Kier molecular flexibility index (Phi) is 2.51. The molecule has 1 aliphatic heterocycles. The fourth-order valence-corrected chi connectivity index (χ4v) is 3.04. The third-order valence-electron chi connectivity index (χ3n) is 1.79. The minimum atomic E-state index is 1.26. The smallest absolute Gasteiger partial charge is 0.0337 e. The van der Waals surface area contributed by atoms with E-state index in [0.29, 0.717) is 0 Å². The third-order valence-corrected chi connectivity index (χ3v) is 3.72. The molecule has 0 atom stereocenters. The molecule has 60 valence electrons. The van der Waals surface area contributed by atoms with Gasteiger partial charge in [-0.15, -0.1) is 0 Å². The lowest BCUT2D eigenvalue weighted by molar-refractivity contribution is 0.587. The second kappa shape index (κ2) is 3.61. The Morgan fingerprint density at radius 2 is 2.18 bits per heavy atom. The first-order chi connectivity index (χ1) is 5.45. The van der Waals surface area contributed by atoms with Gasteiger partial charge < -0.3 is 0 Å². The van der Waals surface area contributed by atoms with E-state index < -0.39 is 0 Å². The molecule has 1 fully saturated rings. The Morgan fingerprint density at radius 3 is 2.82 bits per heavy atom. The summed E-state index contributed by atoms with van der Waals surface area (Å²) in [5, 5.41) is 4.35. The molecule has 1 aromatic rings. The molecule has 2 rings (SSSR count). The number of rotatable bonds is 2. The minimum Gasteiger partial charge on any atom is -0.246 e. The van der Waals surface area contributed by atoms with Crippen LogP contribution >= 0.6 is 23.3 Å². The van der Waals surface area contributed by atoms with Crippen LogP contribution in [0, 0.1) is 0 Å². The third kappa shape index (κ3) is 1.98. The van der Waals surface area contributed by atoms with Crippen LogP contribution in [0.4, 0.5) is 0 Å². The summed E-state index contributed by atoms with van der Waals surface area (Å²) in [6, 6.07) is 2.19. The average molecular weight is 185 g/mol. The SMILES string of the molecule is c1cc(SN2CCCC2)cs1. The summed E-state index contributed by atoms with van der Waals surface area (Å²) in [6.45, 7) is 2.53. The van der Waals surface area contributed by atoms with Gasteiger partial charge in [-0.05, 0) is 36.2 Å². The van der Waals surface area contributed by atoms with E-state index in [9.17, 15) is 0 Å². The molecule has 1 aromatic heterocycles. The first-order valence-corrected chi connectivity index (χ1v) is 5.62. The van der Waals surface area contributed by atoms with Crippen molar-refractivity contribution in [2.45, 2.75) is 17.7 Å². The van der Waals surface area contributed by atoms with Crippen LogP contribution in [-0.2, 0) is 0 Å². The lowest BCUT2D eigenvalue weighted by Gasteiger charge is -2.10. The summed E-state index contributed by atoms with van der Waals surface area (Å²) < 4.78 is 2.45. The highest BCUT2D eigenvalue weighted by molar-refractivity contribution is 7.97. The van der Waals surface area contributed by atoms with Gasteiger partial charge in [-0.2, -0.15) is 11.3 Å². The molecular weight excluding hydrogens is 174 g/mol. The van der Waals surface area contributed by atoms with Gasteiger partial charge in [0.1, 0.15) is 0 Å².